The van der Waals surface area contributed by atoms with Crippen molar-refractivity contribution in [2.45, 2.75) is 38.3 Å². The van der Waals surface area contributed by atoms with Crippen LogP contribution in [0.25, 0.3) is 0 Å². The molecular formula is C25H29ClN4O2. The number of aliphatic hydroxyl groups is 1. The Labute approximate surface area is 194 Å². The lowest BCUT2D eigenvalue weighted by Gasteiger charge is -2.32. The van der Waals surface area contributed by atoms with E-state index < -0.39 is 0 Å². The standard InChI is InChI=1S/C25H29ClN4O2/c1-17-12-21(15-30(17)23-7-4-20(14-27)24(26)13-23)28-25(32)19-2-5-22(6-3-19)29-10-8-18(16-31)9-11-29/h2-7,13,17-18,21,31H,8-12,15-16H2,1H3,(H,28,32)/t17-,21+/m0/s1. The lowest BCUT2D eigenvalue weighted by Crippen LogP contribution is -2.37. The van der Waals surface area contributed by atoms with Gasteiger partial charge < -0.3 is 20.2 Å². The van der Waals surface area contributed by atoms with Crippen molar-refractivity contribution in [3.63, 3.8) is 0 Å². The predicted octanol–water partition coefficient (Wildman–Crippen LogP) is 3.82. The Hall–Kier alpha value is -2.75. The zero-order chi connectivity index (χ0) is 22.7. The molecule has 0 radical (unpaired) electrons. The Balaban J connectivity index is 1.35. The van der Waals surface area contributed by atoms with E-state index in [0.717, 1.165) is 43.7 Å². The van der Waals surface area contributed by atoms with Crippen LogP contribution in [-0.4, -0.2) is 49.3 Å². The number of nitrogens with one attached hydrogen (secondary N) is 1. The zero-order valence-electron chi connectivity index (χ0n) is 18.3. The first-order chi connectivity index (χ1) is 15.5. The van der Waals surface area contributed by atoms with Crippen LogP contribution >= 0.6 is 11.6 Å². The van der Waals surface area contributed by atoms with Crippen molar-refractivity contribution in [3.8, 4) is 6.07 Å². The van der Waals surface area contributed by atoms with Gasteiger partial charge in [-0.3, -0.25) is 4.79 Å². The second kappa shape index (κ2) is 9.81. The second-order valence-electron chi connectivity index (χ2n) is 8.84. The zero-order valence-corrected chi connectivity index (χ0v) is 19.1. The highest BCUT2D eigenvalue weighted by Crippen LogP contribution is 2.29. The highest BCUT2D eigenvalue weighted by molar-refractivity contribution is 6.32. The summed E-state index contributed by atoms with van der Waals surface area (Å²) < 4.78 is 0. The van der Waals surface area contributed by atoms with Gasteiger partial charge in [0.15, 0.2) is 0 Å². The summed E-state index contributed by atoms with van der Waals surface area (Å²) in [5, 5.41) is 22.0. The first-order valence-electron chi connectivity index (χ1n) is 11.2. The number of nitriles is 1. The molecule has 7 heteroatoms. The summed E-state index contributed by atoms with van der Waals surface area (Å²) in [6, 6.07) is 15.7. The van der Waals surface area contributed by atoms with Crippen LogP contribution in [0.3, 0.4) is 0 Å². The minimum Gasteiger partial charge on any atom is -0.396 e. The van der Waals surface area contributed by atoms with Crippen molar-refractivity contribution in [2.75, 3.05) is 36.0 Å². The third kappa shape index (κ3) is 4.85. The molecule has 0 aromatic heterocycles. The van der Waals surface area contributed by atoms with E-state index in [0.29, 0.717) is 28.6 Å². The molecule has 2 aliphatic heterocycles. The van der Waals surface area contributed by atoms with Gasteiger partial charge in [0, 0.05) is 55.3 Å². The van der Waals surface area contributed by atoms with Gasteiger partial charge in [0.05, 0.1) is 10.6 Å². The molecule has 168 valence electrons. The number of halogens is 1. The third-order valence-corrected chi connectivity index (χ3v) is 6.99. The number of carbonyl (C=O) groups excluding carboxylic acids is 1. The normalized spacial score (nSPS) is 21.4. The summed E-state index contributed by atoms with van der Waals surface area (Å²) in [5.74, 6) is 0.345. The largest absolute Gasteiger partial charge is 0.396 e. The van der Waals surface area contributed by atoms with E-state index in [4.69, 9.17) is 16.9 Å². The summed E-state index contributed by atoms with van der Waals surface area (Å²) in [4.78, 5) is 17.4. The van der Waals surface area contributed by atoms with Crippen LogP contribution in [0.1, 0.15) is 42.1 Å². The van der Waals surface area contributed by atoms with E-state index >= 15 is 0 Å². The van der Waals surface area contributed by atoms with Gasteiger partial charge in [-0.25, -0.2) is 0 Å². The van der Waals surface area contributed by atoms with Crippen molar-refractivity contribution in [3.05, 3.63) is 58.6 Å². The molecule has 2 fully saturated rings. The van der Waals surface area contributed by atoms with E-state index in [-0.39, 0.29) is 24.6 Å². The number of amides is 1. The summed E-state index contributed by atoms with van der Waals surface area (Å²) in [6.07, 6.45) is 2.85. The van der Waals surface area contributed by atoms with Gasteiger partial charge in [-0.2, -0.15) is 5.26 Å². The minimum atomic E-state index is -0.0625. The molecule has 4 rings (SSSR count). The summed E-state index contributed by atoms with van der Waals surface area (Å²) in [6.45, 7) is 4.97. The highest BCUT2D eigenvalue weighted by atomic mass is 35.5. The van der Waals surface area contributed by atoms with Gasteiger partial charge in [-0.15, -0.1) is 0 Å². The SMILES string of the molecule is C[C@H]1C[C@@H](NC(=O)c2ccc(N3CCC(CO)CC3)cc2)CN1c1ccc(C#N)c(Cl)c1. The van der Waals surface area contributed by atoms with Gasteiger partial charge in [-0.1, -0.05) is 11.6 Å². The first-order valence-corrected chi connectivity index (χ1v) is 11.6. The maximum Gasteiger partial charge on any atom is 0.251 e. The van der Waals surface area contributed by atoms with E-state index in [1.165, 1.54) is 0 Å². The number of rotatable bonds is 5. The van der Waals surface area contributed by atoms with Crippen LogP contribution in [-0.2, 0) is 0 Å². The molecule has 0 bridgehead atoms. The maximum atomic E-state index is 12.8. The van der Waals surface area contributed by atoms with Gasteiger partial charge in [0.1, 0.15) is 6.07 Å². The minimum absolute atomic E-state index is 0.0455. The highest BCUT2D eigenvalue weighted by Gasteiger charge is 2.30. The molecule has 2 N–H and O–H groups in total. The molecule has 6 nitrogen and oxygen atoms in total. The van der Waals surface area contributed by atoms with E-state index in [1.807, 2.05) is 36.4 Å². The molecule has 2 heterocycles. The van der Waals surface area contributed by atoms with E-state index in [1.54, 1.807) is 6.07 Å². The van der Waals surface area contributed by atoms with Crippen LogP contribution in [0.15, 0.2) is 42.5 Å². The lowest BCUT2D eigenvalue weighted by atomic mass is 9.97. The van der Waals surface area contributed by atoms with E-state index in [9.17, 15) is 9.90 Å². The van der Waals surface area contributed by atoms with Crippen LogP contribution in [0.2, 0.25) is 5.02 Å². The van der Waals surface area contributed by atoms with Crippen LogP contribution in [0.4, 0.5) is 11.4 Å². The van der Waals surface area contributed by atoms with Crippen molar-refractivity contribution in [1.29, 1.82) is 5.26 Å². The smallest absolute Gasteiger partial charge is 0.251 e. The number of anilines is 2. The van der Waals surface area contributed by atoms with Gasteiger partial charge >= 0.3 is 0 Å². The van der Waals surface area contributed by atoms with Gasteiger partial charge in [0.25, 0.3) is 5.91 Å². The fourth-order valence-electron chi connectivity index (χ4n) is 4.73. The Morgan fingerprint density at radius 2 is 1.88 bits per heavy atom. The fourth-order valence-corrected chi connectivity index (χ4v) is 4.95. The monoisotopic (exact) mass is 452 g/mol. The molecule has 2 aliphatic rings. The maximum absolute atomic E-state index is 12.8. The number of carbonyl (C=O) groups is 1. The van der Waals surface area contributed by atoms with Crippen molar-refractivity contribution >= 4 is 28.9 Å². The van der Waals surface area contributed by atoms with Crippen molar-refractivity contribution in [1.82, 2.24) is 5.32 Å². The Morgan fingerprint density at radius 1 is 1.19 bits per heavy atom. The number of hydrogen-bond donors (Lipinski definition) is 2. The number of piperidine rings is 1. The third-order valence-electron chi connectivity index (χ3n) is 6.68. The molecule has 2 saturated heterocycles. The Bertz CT molecular complexity index is 996. The molecular weight excluding hydrogens is 424 g/mol. The summed E-state index contributed by atoms with van der Waals surface area (Å²) in [5.41, 5.74) is 3.21. The fraction of sp³-hybridized carbons (Fsp3) is 0.440. The van der Waals surface area contributed by atoms with Gasteiger partial charge in [-0.05, 0) is 74.6 Å². The number of benzene rings is 2. The average molecular weight is 453 g/mol. The summed E-state index contributed by atoms with van der Waals surface area (Å²) >= 11 is 6.21. The van der Waals surface area contributed by atoms with Crippen molar-refractivity contribution in [2.24, 2.45) is 5.92 Å². The predicted molar refractivity (Wildman–Crippen MR) is 127 cm³/mol. The van der Waals surface area contributed by atoms with E-state index in [2.05, 4.69) is 28.1 Å². The number of aliphatic hydroxyl groups excluding tert-OH is 1. The van der Waals surface area contributed by atoms with Crippen LogP contribution < -0.4 is 15.1 Å². The molecule has 1 amide bonds. The summed E-state index contributed by atoms with van der Waals surface area (Å²) in [7, 11) is 0. The Morgan fingerprint density at radius 3 is 2.50 bits per heavy atom. The number of hydrogen-bond acceptors (Lipinski definition) is 5. The van der Waals surface area contributed by atoms with Crippen molar-refractivity contribution < 1.29 is 9.90 Å². The Kier molecular flexibility index (Phi) is 6.88. The lowest BCUT2D eigenvalue weighted by molar-refractivity contribution is 0.0940. The molecule has 0 aliphatic carbocycles. The molecule has 32 heavy (non-hydrogen) atoms. The molecule has 0 spiro atoms. The molecule has 2 aromatic carbocycles. The second-order valence-corrected chi connectivity index (χ2v) is 9.25. The first kappa shape index (κ1) is 22.4. The number of nitrogens with zero attached hydrogens (tertiary/aromatic N) is 3. The quantitative estimate of drug-likeness (QED) is 0.721. The van der Waals surface area contributed by atoms with Gasteiger partial charge in [0.2, 0.25) is 0 Å². The molecule has 2 aromatic rings. The molecule has 0 unspecified atom stereocenters. The van der Waals surface area contributed by atoms with Crippen LogP contribution in [0, 0.1) is 17.2 Å². The molecule has 2 atom stereocenters. The molecule has 0 saturated carbocycles. The average Bonchev–Trinajstić information content (AvgIpc) is 3.19. The van der Waals surface area contributed by atoms with Crippen LogP contribution in [0.5, 0.6) is 0 Å². The topological polar surface area (TPSA) is 79.6 Å².